The first kappa shape index (κ1) is 13.0. The maximum absolute atomic E-state index is 11.4. The molecule has 0 aliphatic heterocycles. The highest BCUT2D eigenvalue weighted by molar-refractivity contribution is 5.82. The normalized spacial score (nSPS) is 27.8. The van der Waals surface area contributed by atoms with Crippen LogP contribution >= 0.6 is 0 Å². The molecule has 2 heteroatoms. The van der Waals surface area contributed by atoms with Gasteiger partial charge in [0.2, 0.25) is 0 Å². The summed E-state index contributed by atoms with van der Waals surface area (Å²) in [5.41, 5.74) is 2.44. The number of hydrogen-bond acceptors (Lipinski definition) is 2. The lowest BCUT2D eigenvalue weighted by atomic mass is 9.76. The van der Waals surface area contributed by atoms with Crippen LogP contribution in [0.15, 0.2) is 23.8 Å². The van der Waals surface area contributed by atoms with E-state index in [9.17, 15) is 4.79 Å². The van der Waals surface area contributed by atoms with Crippen LogP contribution in [0.5, 0.6) is 0 Å². The summed E-state index contributed by atoms with van der Waals surface area (Å²) in [7, 11) is 0. The number of carbonyl (C=O) groups excluding carboxylic acids is 1. The van der Waals surface area contributed by atoms with Crippen LogP contribution in [0.4, 0.5) is 0 Å². The number of rotatable bonds is 3. The largest absolute Gasteiger partial charge is 0.463 e. The van der Waals surface area contributed by atoms with Gasteiger partial charge < -0.3 is 4.74 Å². The molecule has 1 saturated carbocycles. The van der Waals surface area contributed by atoms with E-state index < -0.39 is 0 Å². The van der Waals surface area contributed by atoms with Crippen molar-refractivity contribution in [3.63, 3.8) is 0 Å². The van der Waals surface area contributed by atoms with E-state index in [1.54, 1.807) is 6.08 Å². The summed E-state index contributed by atoms with van der Waals surface area (Å²) >= 11 is 0. The Hall–Kier alpha value is -1.05. The van der Waals surface area contributed by atoms with Crippen molar-refractivity contribution in [2.75, 3.05) is 6.61 Å². The molecule has 0 amide bonds. The average Bonchev–Trinajstić information content (AvgIpc) is 2.21. The van der Waals surface area contributed by atoms with Gasteiger partial charge in [0, 0.05) is 6.08 Å². The van der Waals surface area contributed by atoms with Gasteiger partial charge >= 0.3 is 5.97 Å². The van der Waals surface area contributed by atoms with Crippen LogP contribution in [-0.2, 0) is 9.53 Å². The topological polar surface area (TPSA) is 26.3 Å². The van der Waals surface area contributed by atoms with Crippen molar-refractivity contribution in [1.82, 2.24) is 0 Å². The van der Waals surface area contributed by atoms with E-state index in [0.717, 1.165) is 12.8 Å². The van der Waals surface area contributed by atoms with Crippen LogP contribution in [0.3, 0.4) is 0 Å². The molecule has 2 nitrogen and oxygen atoms in total. The molecule has 0 aromatic rings. The highest BCUT2D eigenvalue weighted by atomic mass is 16.5. The van der Waals surface area contributed by atoms with E-state index >= 15 is 0 Å². The zero-order valence-electron chi connectivity index (χ0n) is 10.6. The monoisotopic (exact) mass is 222 g/mol. The maximum atomic E-state index is 11.4. The van der Waals surface area contributed by atoms with Gasteiger partial charge in [-0.3, -0.25) is 0 Å². The van der Waals surface area contributed by atoms with Gasteiger partial charge in [-0.05, 0) is 44.9 Å². The third kappa shape index (κ3) is 3.51. The predicted molar refractivity (Wildman–Crippen MR) is 66.0 cm³/mol. The second-order valence-electron chi connectivity index (χ2n) is 4.70. The Kier molecular flexibility index (Phi) is 4.78. The van der Waals surface area contributed by atoms with Crippen molar-refractivity contribution in [2.24, 2.45) is 11.8 Å². The van der Waals surface area contributed by atoms with E-state index in [2.05, 4.69) is 20.4 Å². The molecule has 0 aromatic heterocycles. The molecule has 1 aliphatic carbocycles. The summed E-state index contributed by atoms with van der Waals surface area (Å²) in [6, 6.07) is 0. The highest BCUT2D eigenvalue weighted by Crippen LogP contribution is 2.36. The van der Waals surface area contributed by atoms with Crippen molar-refractivity contribution in [3.8, 4) is 0 Å². The van der Waals surface area contributed by atoms with Gasteiger partial charge in [-0.2, -0.15) is 0 Å². The molecule has 0 bridgehead atoms. The fourth-order valence-corrected chi connectivity index (χ4v) is 2.18. The average molecular weight is 222 g/mol. The summed E-state index contributed by atoms with van der Waals surface area (Å²) in [5.74, 6) is 0.837. The predicted octanol–water partition coefficient (Wildman–Crippen LogP) is 3.49. The molecule has 90 valence electrons. The molecule has 1 unspecified atom stereocenters. The van der Waals surface area contributed by atoms with Crippen molar-refractivity contribution < 1.29 is 9.53 Å². The van der Waals surface area contributed by atoms with Crippen molar-refractivity contribution in [2.45, 2.75) is 40.0 Å². The molecule has 1 fully saturated rings. The molecule has 16 heavy (non-hydrogen) atoms. The third-order valence-electron chi connectivity index (χ3n) is 3.35. The van der Waals surface area contributed by atoms with Crippen LogP contribution in [-0.4, -0.2) is 12.6 Å². The lowest BCUT2D eigenvalue weighted by Crippen LogP contribution is -2.17. The Balaban J connectivity index is 2.69. The van der Waals surface area contributed by atoms with Gasteiger partial charge in [-0.1, -0.05) is 24.6 Å². The number of ether oxygens (including phenoxy) is 1. The van der Waals surface area contributed by atoms with Gasteiger partial charge in [-0.15, -0.1) is 0 Å². The Morgan fingerprint density at radius 3 is 2.81 bits per heavy atom. The van der Waals surface area contributed by atoms with Gasteiger partial charge in [0.1, 0.15) is 0 Å². The smallest absolute Gasteiger partial charge is 0.330 e. The minimum absolute atomic E-state index is 0.202. The van der Waals surface area contributed by atoms with Crippen LogP contribution < -0.4 is 0 Å². The number of carbonyl (C=O) groups is 1. The minimum Gasteiger partial charge on any atom is -0.463 e. The molecule has 0 heterocycles. The Morgan fingerprint density at radius 1 is 1.56 bits per heavy atom. The van der Waals surface area contributed by atoms with Crippen molar-refractivity contribution in [1.29, 1.82) is 0 Å². The second kappa shape index (κ2) is 5.88. The van der Waals surface area contributed by atoms with E-state index in [-0.39, 0.29) is 5.97 Å². The van der Waals surface area contributed by atoms with Gasteiger partial charge in [0.05, 0.1) is 6.61 Å². The fourth-order valence-electron chi connectivity index (χ4n) is 2.18. The molecule has 0 radical (unpaired) electrons. The Labute approximate surface area is 98.4 Å². The summed E-state index contributed by atoms with van der Waals surface area (Å²) in [6.45, 7) is 10.5. The highest BCUT2D eigenvalue weighted by Gasteiger charge is 2.23. The lowest BCUT2D eigenvalue weighted by Gasteiger charge is -2.29. The minimum atomic E-state index is -0.202. The number of allylic oxidation sites excluding steroid dienone is 2. The Bertz CT molecular complexity index is 302. The first-order valence-electron chi connectivity index (χ1n) is 6.07. The summed E-state index contributed by atoms with van der Waals surface area (Å²) < 4.78 is 4.95. The second-order valence-corrected chi connectivity index (χ2v) is 4.70. The summed E-state index contributed by atoms with van der Waals surface area (Å²) in [6.07, 6.45) is 4.98. The van der Waals surface area contributed by atoms with E-state index in [1.165, 1.54) is 17.6 Å². The molecule has 1 rings (SSSR count). The van der Waals surface area contributed by atoms with Crippen LogP contribution in [0.2, 0.25) is 0 Å². The number of esters is 1. The first-order chi connectivity index (χ1) is 7.54. The van der Waals surface area contributed by atoms with Gasteiger partial charge in [-0.25, -0.2) is 4.79 Å². The Morgan fingerprint density at radius 2 is 2.25 bits per heavy atom. The van der Waals surface area contributed by atoms with E-state index in [4.69, 9.17) is 4.74 Å². The van der Waals surface area contributed by atoms with Crippen LogP contribution in [0.1, 0.15) is 40.0 Å². The summed E-state index contributed by atoms with van der Waals surface area (Å²) in [4.78, 5) is 11.4. The molecule has 0 N–H and O–H groups in total. The molecule has 2 atom stereocenters. The molecular weight excluding hydrogens is 200 g/mol. The maximum Gasteiger partial charge on any atom is 0.330 e. The van der Waals surface area contributed by atoms with Crippen molar-refractivity contribution >= 4 is 5.97 Å². The third-order valence-corrected chi connectivity index (χ3v) is 3.35. The van der Waals surface area contributed by atoms with Crippen LogP contribution in [0, 0.1) is 11.8 Å². The van der Waals surface area contributed by atoms with Gasteiger partial charge in [0.25, 0.3) is 0 Å². The van der Waals surface area contributed by atoms with E-state index in [0.29, 0.717) is 18.4 Å². The molecule has 1 aliphatic rings. The van der Waals surface area contributed by atoms with Gasteiger partial charge in [0.15, 0.2) is 0 Å². The zero-order chi connectivity index (χ0) is 12.1. The molecular formula is C14H22O2. The first-order valence-corrected chi connectivity index (χ1v) is 6.07. The van der Waals surface area contributed by atoms with E-state index in [1.807, 2.05) is 6.92 Å². The molecule has 0 saturated heterocycles. The SMILES string of the molecule is C=C(C)[C@@H]1CCC(C)/C(=C/C(=O)OCC)C1. The fraction of sp³-hybridized carbons (Fsp3) is 0.643. The zero-order valence-corrected chi connectivity index (χ0v) is 10.6. The summed E-state index contributed by atoms with van der Waals surface area (Å²) in [5, 5.41) is 0. The lowest BCUT2D eigenvalue weighted by molar-refractivity contribution is -0.137. The number of hydrogen-bond donors (Lipinski definition) is 0. The van der Waals surface area contributed by atoms with Crippen LogP contribution in [0.25, 0.3) is 0 Å². The molecule has 0 spiro atoms. The molecule has 0 aromatic carbocycles. The standard InChI is InChI=1S/C14H22O2/c1-5-16-14(15)9-13-8-12(10(2)3)7-6-11(13)4/h9,11-12H,2,5-8H2,1,3-4H3/b13-9+/t11?,12-/m1/s1. The quantitative estimate of drug-likeness (QED) is 0.415. The van der Waals surface area contributed by atoms with Crippen molar-refractivity contribution in [3.05, 3.63) is 23.8 Å².